The molecule has 3 N–H and O–H groups in total. The number of hydrogen-bond donors (Lipinski definition) is 3. The van der Waals surface area contributed by atoms with Crippen LogP contribution in [0.25, 0.3) is 22.4 Å². The highest BCUT2D eigenvalue weighted by Gasteiger charge is 2.28. The van der Waals surface area contributed by atoms with Crippen molar-refractivity contribution < 1.29 is 13.9 Å². The van der Waals surface area contributed by atoms with Gasteiger partial charge >= 0.3 is 6.09 Å². The molecular weight excluding hydrogens is 399 g/mol. The highest BCUT2D eigenvalue weighted by Crippen LogP contribution is 2.29. The van der Waals surface area contributed by atoms with Crippen LogP contribution in [-0.4, -0.2) is 45.2 Å². The van der Waals surface area contributed by atoms with E-state index in [0.717, 1.165) is 37.3 Å². The number of anilines is 1. The van der Waals surface area contributed by atoms with Gasteiger partial charge in [0.05, 0.1) is 24.4 Å². The van der Waals surface area contributed by atoms with Crippen LogP contribution in [0, 0.1) is 5.82 Å². The minimum absolute atomic E-state index is 0.0860. The quantitative estimate of drug-likeness (QED) is 0.593. The van der Waals surface area contributed by atoms with Gasteiger partial charge in [-0.3, -0.25) is 0 Å². The molecule has 1 aliphatic rings. The zero-order valence-electron chi connectivity index (χ0n) is 15.7. The van der Waals surface area contributed by atoms with Gasteiger partial charge in [0, 0.05) is 29.4 Å². The van der Waals surface area contributed by atoms with Crippen LogP contribution in [0.4, 0.5) is 15.0 Å². The number of carbonyl (C=O) groups is 1. The fourth-order valence-corrected chi connectivity index (χ4v) is 3.78. The van der Waals surface area contributed by atoms with Crippen LogP contribution in [-0.2, 0) is 4.74 Å². The van der Waals surface area contributed by atoms with Gasteiger partial charge in [0.2, 0.25) is 0 Å². The lowest BCUT2D eigenvalue weighted by molar-refractivity contribution is 0.161. The number of rotatable bonds is 4. The zero-order valence-corrected chi connectivity index (χ0v) is 16.5. The lowest BCUT2D eigenvalue weighted by atomic mass is 9.90. The maximum Gasteiger partial charge on any atom is 0.407 e. The normalized spacial score (nSPS) is 19.1. The fraction of sp³-hybridized carbons (Fsp3) is 0.368. The van der Waals surface area contributed by atoms with Crippen molar-refractivity contribution >= 4 is 34.5 Å². The summed E-state index contributed by atoms with van der Waals surface area (Å²) < 4.78 is 19.2. The molecule has 3 heterocycles. The number of aromatic nitrogens is 4. The Bertz CT molecular complexity index is 1040. The van der Waals surface area contributed by atoms with E-state index in [0.29, 0.717) is 22.1 Å². The molecule has 3 aromatic heterocycles. The summed E-state index contributed by atoms with van der Waals surface area (Å²) in [6, 6.07) is 1.41. The van der Waals surface area contributed by atoms with Crippen molar-refractivity contribution in [1.82, 2.24) is 25.3 Å². The van der Waals surface area contributed by atoms with Gasteiger partial charge in [0.1, 0.15) is 5.65 Å². The smallest absolute Gasteiger partial charge is 0.407 e. The molecule has 152 valence electrons. The van der Waals surface area contributed by atoms with Gasteiger partial charge in [-0.15, -0.1) is 0 Å². The third-order valence-electron chi connectivity index (χ3n) is 5.06. The number of nitrogens with zero attached hydrogens (tertiary/aromatic N) is 3. The number of fused-ring (bicyclic) bond motifs is 1. The van der Waals surface area contributed by atoms with Crippen molar-refractivity contribution in [1.29, 1.82) is 0 Å². The third-order valence-corrected chi connectivity index (χ3v) is 5.27. The minimum atomic E-state index is -0.563. The SMILES string of the molecule is COC(=O)N[C@H]1CCCCC1Nc1nc(-c2c[nH]c3ncc(Cl)cc23)ncc1F. The maximum atomic E-state index is 14.5. The number of pyridine rings is 1. The Kier molecular flexibility index (Phi) is 5.48. The van der Waals surface area contributed by atoms with Crippen LogP contribution in [0.15, 0.2) is 24.7 Å². The van der Waals surface area contributed by atoms with E-state index in [9.17, 15) is 9.18 Å². The second kappa shape index (κ2) is 8.20. The number of amides is 1. The van der Waals surface area contributed by atoms with Crippen molar-refractivity contribution in [3.8, 4) is 11.4 Å². The summed E-state index contributed by atoms with van der Waals surface area (Å²) in [7, 11) is 1.32. The first-order chi connectivity index (χ1) is 14.0. The summed E-state index contributed by atoms with van der Waals surface area (Å²) >= 11 is 6.06. The molecule has 8 nitrogen and oxygen atoms in total. The maximum absolute atomic E-state index is 14.5. The molecule has 3 aromatic rings. The molecule has 0 aromatic carbocycles. The number of nitrogens with one attached hydrogen (secondary N) is 3. The number of halogens is 2. The van der Waals surface area contributed by atoms with Gasteiger partial charge in [-0.25, -0.2) is 24.1 Å². The van der Waals surface area contributed by atoms with Crippen LogP contribution in [0.1, 0.15) is 25.7 Å². The number of ether oxygens (including phenoxy) is 1. The predicted molar refractivity (Wildman–Crippen MR) is 107 cm³/mol. The molecule has 0 spiro atoms. The van der Waals surface area contributed by atoms with E-state index < -0.39 is 11.9 Å². The molecule has 29 heavy (non-hydrogen) atoms. The van der Waals surface area contributed by atoms with Gasteiger partial charge in [0.25, 0.3) is 0 Å². The van der Waals surface area contributed by atoms with Crippen LogP contribution < -0.4 is 10.6 Å². The fourth-order valence-electron chi connectivity index (χ4n) is 3.62. The predicted octanol–water partition coefficient (Wildman–Crippen LogP) is 3.89. The topological polar surface area (TPSA) is 105 Å². The number of alkyl carbamates (subject to hydrolysis) is 1. The zero-order chi connectivity index (χ0) is 20.4. The van der Waals surface area contributed by atoms with Gasteiger partial charge in [0.15, 0.2) is 17.5 Å². The van der Waals surface area contributed by atoms with Gasteiger partial charge in [-0.2, -0.15) is 0 Å². The third kappa shape index (κ3) is 4.09. The Morgan fingerprint density at radius 1 is 1.28 bits per heavy atom. The molecule has 0 saturated heterocycles. The first-order valence-corrected chi connectivity index (χ1v) is 9.69. The van der Waals surface area contributed by atoms with Crippen molar-refractivity contribution in [3.63, 3.8) is 0 Å². The highest BCUT2D eigenvalue weighted by atomic mass is 35.5. The number of hydrogen-bond acceptors (Lipinski definition) is 6. The standard InChI is InChI=1S/C19H20ClFN6O2/c1-29-19(28)26-15-5-3-2-4-14(15)25-18-13(21)9-24-17(27-18)12-8-23-16-11(12)6-10(20)7-22-16/h6-9,14-15H,2-5H2,1H3,(H,22,23)(H,26,28)(H,24,25,27)/t14?,15-/m0/s1. The largest absolute Gasteiger partial charge is 0.453 e. The van der Waals surface area contributed by atoms with E-state index >= 15 is 0 Å². The molecule has 1 amide bonds. The Hall–Kier alpha value is -2.94. The van der Waals surface area contributed by atoms with Crippen LogP contribution in [0.5, 0.6) is 0 Å². The van der Waals surface area contributed by atoms with E-state index in [-0.39, 0.29) is 17.9 Å². The number of aromatic amines is 1. The van der Waals surface area contributed by atoms with E-state index in [1.54, 1.807) is 18.5 Å². The van der Waals surface area contributed by atoms with Gasteiger partial charge < -0.3 is 20.4 Å². The molecule has 1 saturated carbocycles. The minimum Gasteiger partial charge on any atom is -0.453 e. The molecule has 2 atom stereocenters. The molecule has 0 bridgehead atoms. The lowest BCUT2D eigenvalue weighted by Crippen LogP contribution is -2.48. The van der Waals surface area contributed by atoms with Crippen molar-refractivity contribution in [2.75, 3.05) is 12.4 Å². The van der Waals surface area contributed by atoms with E-state index in [1.165, 1.54) is 7.11 Å². The van der Waals surface area contributed by atoms with Crippen LogP contribution in [0.2, 0.25) is 5.02 Å². The first kappa shape index (κ1) is 19.4. The molecule has 0 aliphatic heterocycles. The molecule has 1 unspecified atom stereocenters. The van der Waals surface area contributed by atoms with E-state index in [2.05, 4.69) is 30.6 Å². The number of H-pyrrole nitrogens is 1. The summed E-state index contributed by atoms with van der Waals surface area (Å²) in [4.78, 5) is 27.4. The van der Waals surface area contributed by atoms with Crippen LogP contribution in [0.3, 0.4) is 0 Å². The lowest BCUT2D eigenvalue weighted by Gasteiger charge is -2.32. The molecular formula is C19H20ClFN6O2. The second-order valence-corrected chi connectivity index (χ2v) is 7.36. The Morgan fingerprint density at radius 2 is 2.07 bits per heavy atom. The summed E-state index contributed by atoms with van der Waals surface area (Å²) in [6.07, 6.45) is 7.39. The molecule has 10 heteroatoms. The average Bonchev–Trinajstić information content (AvgIpc) is 3.14. The second-order valence-electron chi connectivity index (χ2n) is 6.92. The monoisotopic (exact) mass is 418 g/mol. The molecule has 1 aliphatic carbocycles. The first-order valence-electron chi connectivity index (χ1n) is 9.31. The summed E-state index contributed by atoms with van der Waals surface area (Å²) in [5.41, 5.74) is 1.31. The molecule has 0 radical (unpaired) electrons. The van der Waals surface area contributed by atoms with Gasteiger partial charge in [-0.1, -0.05) is 24.4 Å². The number of methoxy groups -OCH3 is 1. The van der Waals surface area contributed by atoms with Crippen LogP contribution >= 0.6 is 11.6 Å². The Labute approximate surface area is 171 Å². The summed E-state index contributed by atoms with van der Waals surface area (Å²) in [5, 5.41) is 7.19. The summed E-state index contributed by atoms with van der Waals surface area (Å²) in [5.74, 6) is -0.132. The van der Waals surface area contributed by atoms with Crippen molar-refractivity contribution in [3.05, 3.63) is 35.5 Å². The average molecular weight is 419 g/mol. The van der Waals surface area contributed by atoms with E-state index in [1.807, 2.05) is 0 Å². The van der Waals surface area contributed by atoms with Crippen molar-refractivity contribution in [2.24, 2.45) is 0 Å². The van der Waals surface area contributed by atoms with E-state index in [4.69, 9.17) is 16.3 Å². The van der Waals surface area contributed by atoms with Gasteiger partial charge in [-0.05, 0) is 18.9 Å². The Morgan fingerprint density at radius 3 is 2.86 bits per heavy atom. The molecule has 4 rings (SSSR count). The number of carbonyl (C=O) groups excluding carboxylic acids is 1. The highest BCUT2D eigenvalue weighted by molar-refractivity contribution is 6.31. The molecule has 1 fully saturated rings. The Balaban J connectivity index is 1.62. The van der Waals surface area contributed by atoms with Crippen molar-refractivity contribution in [2.45, 2.75) is 37.8 Å². The summed E-state index contributed by atoms with van der Waals surface area (Å²) in [6.45, 7) is 0.